The molecule has 0 rings (SSSR count). The molecule has 10 nitrogen and oxygen atoms in total. The summed E-state index contributed by atoms with van der Waals surface area (Å²) in [5, 5.41) is 24.1. The second-order valence-corrected chi connectivity index (χ2v) is 5.05. The predicted octanol–water partition coefficient (Wildman–Crippen LogP) is -2.85. The van der Waals surface area contributed by atoms with Gasteiger partial charge in [-0.2, -0.15) is 0 Å². The van der Waals surface area contributed by atoms with Crippen LogP contribution in [0.2, 0.25) is 0 Å². The highest BCUT2D eigenvalue weighted by Crippen LogP contribution is 2.07. The van der Waals surface area contributed by atoms with E-state index in [0.29, 0.717) is 6.42 Å². The molecule has 0 heterocycles. The highest BCUT2D eigenvalue weighted by atomic mass is 16.4. The van der Waals surface area contributed by atoms with Gasteiger partial charge in [0.1, 0.15) is 18.6 Å². The normalized spacial score (nSPS) is 14.3. The van der Waals surface area contributed by atoms with Gasteiger partial charge in [0.25, 0.3) is 0 Å². The van der Waals surface area contributed by atoms with Gasteiger partial charge < -0.3 is 31.9 Å². The zero-order chi connectivity index (χ0) is 18.0. The van der Waals surface area contributed by atoms with Crippen LogP contribution in [0.25, 0.3) is 0 Å². The second-order valence-electron chi connectivity index (χ2n) is 5.05. The van der Waals surface area contributed by atoms with Gasteiger partial charge in [-0.15, -0.1) is 0 Å². The smallest absolute Gasteiger partial charge is 0.322 e. The lowest BCUT2D eigenvalue weighted by Gasteiger charge is -2.23. The van der Waals surface area contributed by atoms with Crippen LogP contribution in [0.15, 0.2) is 0 Å². The van der Waals surface area contributed by atoms with Crippen LogP contribution in [0.1, 0.15) is 20.3 Å². The number of carbonyl (C=O) groups is 4. The lowest BCUT2D eigenvalue weighted by molar-refractivity contribution is -0.138. The first-order chi connectivity index (χ1) is 10.7. The van der Waals surface area contributed by atoms with Crippen molar-refractivity contribution in [2.75, 3.05) is 19.7 Å². The minimum atomic E-state index is -1.20. The molecular weight excluding hydrogens is 308 g/mol. The average molecular weight is 332 g/mol. The first kappa shape index (κ1) is 20.8. The Hall–Kier alpha value is -2.20. The van der Waals surface area contributed by atoms with Crippen molar-refractivity contribution in [1.29, 1.82) is 0 Å². The van der Waals surface area contributed by atoms with Crippen LogP contribution in [-0.2, 0) is 19.2 Å². The number of aliphatic hydroxyl groups is 1. The molecule has 23 heavy (non-hydrogen) atoms. The number of aliphatic carboxylic acids is 1. The molecule has 0 saturated carbocycles. The monoisotopic (exact) mass is 332 g/mol. The standard InChI is InChI=1S/C13H24N4O6/c1-3-7(2)11(13(23)16-5-10(20)21)17-9(19)4-15-12(22)8(14)6-18/h7-8,11,18H,3-6,14H2,1-2H3,(H,15,22)(H,16,23)(H,17,19)(H,20,21). The van der Waals surface area contributed by atoms with Crippen LogP contribution >= 0.6 is 0 Å². The molecule has 0 radical (unpaired) electrons. The topological polar surface area (TPSA) is 171 Å². The van der Waals surface area contributed by atoms with Crippen LogP contribution in [-0.4, -0.2) is 65.7 Å². The van der Waals surface area contributed by atoms with Crippen LogP contribution in [0, 0.1) is 5.92 Å². The largest absolute Gasteiger partial charge is 0.480 e. The molecule has 0 spiro atoms. The van der Waals surface area contributed by atoms with Gasteiger partial charge >= 0.3 is 5.97 Å². The molecular formula is C13H24N4O6. The molecule has 0 fully saturated rings. The summed E-state index contributed by atoms with van der Waals surface area (Å²) in [4.78, 5) is 45.6. The average Bonchev–Trinajstić information content (AvgIpc) is 2.53. The molecule has 3 amide bonds. The predicted molar refractivity (Wildman–Crippen MR) is 80.1 cm³/mol. The number of aliphatic hydroxyl groups excluding tert-OH is 1. The summed E-state index contributed by atoms with van der Waals surface area (Å²) in [7, 11) is 0. The quantitative estimate of drug-likeness (QED) is 0.250. The third-order valence-electron chi connectivity index (χ3n) is 3.18. The van der Waals surface area contributed by atoms with Gasteiger partial charge in [0, 0.05) is 0 Å². The number of hydrogen-bond acceptors (Lipinski definition) is 6. The zero-order valence-corrected chi connectivity index (χ0v) is 13.2. The van der Waals surface area contributed by atoms with E-state index in [9.17, 15) is 19.2 Å². The number of carboxylic acids is 1. The Labute approximate surface area is 133 Å². The maximum Gasteiger partial charge on any atom is 0.322 e. The molecule has 7 N–H and O–H groups in total. The molecule has 0 aromatic rings. The van der Waals surface area contributed by atoms with E-state index in [2.05, 4.69) is 16.0 Å². The Kier molecular flexibility index (Phi) is 9.51. The van der Waals surface area contributed by atoms with Gasteiger partial charge in [-0.1, -0.05) is 20.3 Å². The van der Waals surface area contributed by atoms with Crippen LogP contribution < -0.4 is 21.7 Å². The molecule has 0 aliphatic carbocycles. The van der Waals surface area contributed by atoms with E-state index < -0.39 is 55.5 Å². The maximum atomic E-state index is 11.9. The summed E-state index contributed by atoms with van der Waals surface area (Å²) in [5.74, 6) is -3.37. The maximum absolute atomic E-state index is 11.9. The van der Waals surface area contributed by atoms with Gasteiger partial charge in [-0.05, 0) is 5.92 Å². The number of amides is 3. The molecule has 0 aliphatic heterocycles. The molecule has 0 aromatic heterocycles. The Morgan fingerprint density at radius 1 is 1.09 bits per heavy atom. The first-order valence-electron chi connectivity index (χ1n) is 7.15. The Morgan fingerprint density at radius 3 is 2.13 bits per heavy atom. The Balaban J connectivity index is 4.58. The van der Waals surface area contributed by atoms with Crippen molar-refractivity contribution >= 4 is 23.7 Å². The van der Waals surface area contributed by atoms with Crippen LogP contribution in [0.4, 0.5) is 0 Å². The van der Waals surface area contributed by atoms with Crippen molar-refractivity contribution in [2.24, 2.45) is 11.7 Å². The second kappa shape index (κ2) is 10.5. The summed E-state index contributed by atoms with van der Waals surface area (Å²) in [6.07, 6.45) is 0.577. The number of nitrogens with one attached hydrogen (secondary N) is 3. The van der Waals surface area contributed by atoms with E-state index in [0.717, 1.165) is 0 Å². The van der Waals surface area contributed by atoms with Crippen molar-refractivity contribution in [3.63, 3.8) is 0 Å². The Morgan fingerprint density at radius 2 is 1.65 bits per heavy atom. The van der Waals surface area contributed by atoms with E-state index in [1.807, 2.05) is 6.92 Å². The minimum absolute atomic E-state index is 0.233. The van der Waals surface area contributed by atoms with E-state index >= 15 is 0 Å². The SMILES string of the molecule is CCC(C)C(NC(=O)CNC(=O)C(N)CO)C(=O)NCC(=O)O. The lowest BCUT2D eigenvalue weighted by Crippen LogP contribution is -2.54. The third kappa shape index (κ3) is 8.12. The summed E-state index contributed by atoms with van der Waals surface area (Å²) in [6.45, 7) is 2.03. The van der Waals surface area contributed by atoms with Crippen molar-refractivity contribution in [2.45, 2.75) is 32.4 Å². The van der Waals surface area contributed by atoms with Crippen LogP contribution in [0.3, 0.4) is 0 Å². The number of nitrogens with two attached hydrogens (primary N) is 1. The fourth-order valence-electron chi connectivity index (χ4n) is 1.58. The lowest BCUT2D eigenvalue weighted by atomic mass is 9.98. The molecule has 3 unspecified atom stereocenters. The minimum Gasteiger partial charge on any atom is -0.480 e. The fourth-order valence-corrected chi connectivity index (χ4v) is 1.58. The van der Waals surface area contributed by atoms with Crippen molar-refractivity contribution in [1.82, 2.24) is 16.0 Å². The molecule has 0 saturated heterocycles. The highest BCUT2D eigenvalue weighted by molar-refractivity contribution is 5.92. The zero-order valence-electron chi connectivity index (χ0n) is 13.2. The summed E-state index contributed by atoms with van der Waals surface area (Å²) in [5.41, 5.74) is 5.28. The number of carbonyl (C=O) groups excluding carboxylic acids is 3. The summed E-state index contributed by atoms with van der Waals surface area (Å²) < 4.78 is 0. The van der Waals surface area contributed by atoms with Crippen LogP contribution in [0.5, 0.6) is 0 Å². The van der Waals surface area contributed by atoms with Gasteiger partial charge in [0.2, 0.25) is 17.7 Å². The van der Waals surface area contributed by atoms with E-state index in [1.165, 1.54) is 0 Å². The highest BCUT2D eigenvalue weighted by Gasteiger charge is 2.26. The first-order valence-corrected chi connectivity index (χ1v) is 7.15. The molecule has 3 atom stereocenters. The molecule has 0 aromatic carbocycles. The third-order valence-corrected chi connectivity index (χ3v) is 3.18. The molecule has 0 aliphatic rings. The van der Waals surface area contributed by atoms with Crippen molar-refractivity contribution in [3.8, 4) is 0 Å². The Bertz CT molecular complexity index is 442. The van der Waals surface area contributed by atoms with Gasteiger partial charge in [0.15, 0.2) is 0 Å². The number of hydrogen-bond donors (Lipinski definition) is 6. The summed E-state index contributed by atoms with van der Waals surface area (Å²) >= 11 is 0. The molecule has 0 bridgehead atoms. The summed E-state index contributed by atoms with van der Waals surface area (Å²) in [6, 6.07) is -2.05. The number of carboxylic acid groups (broad SMARTS) is 1. The van der Waals surface area contributed by atoms with Crippen molar-refractivity contribution in [3.05, 3.63) is 0 Å². The van der Waals surface area contributed by atoms with E-state index in [4.69, 9.17) is 15.9 Å². The van der Waals surface area contributed by atoms with Gasteiger partial charge in [0.05, 0.1) is 13.2 Å². The van der Waals surface area contributed by atoms with E-state index in [1.54, 1.807) is 6.92 Å². The van der Waals surface area contributed by atoms with E-state index in [-0.39, 0.29) is 5.92 Å². The fraction of sp³-hybridized carbons (Fsp3) is 0.692. The molecule has 10 heteroatoms. The van der Waals surface area contributed by atoms with Gasteiger partial charge in [-0.25, -0.2) is 0 Å². The van der Waals surface area contributed by atoms with Crippen molar-refractivity contribution < 1.29 is 29.4 Å². The molecule has 132 valence electrons. The number of rotatable bonds is 10. The van der Waals surface area contributed by atoms with Gasteiger partial charge in [-0.3, -0.25) is 19.2 Å².